The number of allylic oxidation sites excluding steroid dienone is 1. The van der Waals surface area contributed by atoms with Crippen LogP contribution in [0.25, 0.3) is 0 Å². The van der Waals surface area contributed by atoms with E-state index in [1.807, 2.05) is 13.8 Å². The lowest BCUT2D eigenvalue weighted by atomic mass is 10.1. The van der Waals surface area contributed by atoms with Crippen molar-refractivity contribution < 1.29 is 0 Å². The molecule has 2 heteroatoms. The van der Waals surface area contributed by atoms with Gasteiger partial charge in [0.15, 0.2) is 0 Å². The summed E-state index contributed by atoms with van der Waals surface area (Å²) in [6.45, 7) is 11.0. The van der Waals surface area contributed by atoms with Crippen LogP contribution < -0.4 is 5.43 Å². The molecule has 0 saturated carbocycles. The second-order valence-electron chi connectivity index (χ2n) is 4.15. The van der Waals surface area contributed by atoms with Crippen LogP contribution in [0.5, 0.6) is 0 Å². The highest BCUT2D eigenvalue weighted by atomic mass is 15.3. The van der Waals surface area contributed by atoms with E-state index in [1.54, 1.807) is 0 Å². The van der Waals surface area contributed by atoms with Crippen LogP contribution in [0.15, 0.2) is 17.3 Å². The third kappa shape index (κ3) is 9.51. The van der Waals surface area contributed by atoms with Gasteiger partial charge in [0, 0.05) is 6.54 Å². The molecule has 0 amide bonds. The molecule has 2 nitrogen and oxygen atoms in total. The predicted molar refractivity (Wildman–Crippen MR) is 69.3 cm³/mol. The molecule has 0 atom stereocenters. The number of hydrazone groups is 1. The van der Waals surface area contributed by atoms with E-state index in [4.69, 9.17) is 0 Å². The molecule has 0 unspecified atom stereocenters. The zero-order valence-electron chi connectivity index (χ0n) is 10.6. The average Bonchev–Trinajstić information content (AvgIpc) is 2.21. The van der Waals surface area contributed by atoms with Crippen molar-refractivity contribution in [3.05, 3.63) is 12.2 Å². The number of unbranched alkanes of at least 4 members (excludes halogenated alkanes) is 5. The summed E-state index contributed by atoms with van der Waals surface area (Å²) in [5, 5.41) is 4.22. The Kier molecular flexibility index (Phi) is 9.24. The minimum Gasteiger partial charge on any atom is -0.310 e. The number of hydrogen-bond acceptors (Lipinski definition) is 2. The van der Waals surface area contributed by atoms with Gasteiger partial charge in [0.25, 0.3) is 0 Å². The first-order chi connectivity index (χ1) is 7.18. The Bertz CT molecular complexity index is 195. The van der Waals surface area contributed by atoms with E-state index in [-0.39, 0.29) is 0 Å². The van der Waals surface area contributed by atoms with Gasteiger partial charge in [-0.2, -0.15) is 5.10 Å². The Morgan fingerprint density at radius 1 is 1.07 bits per heavy atom. The van der Waals surface area contributed by atoms with Crippen molar-refractivity contribution in [1.29, 1.82) is 0 Å². The molecule has 0 radical (unpaired) electrons. The molecule has 88 valence electrons. The molecule has 0 aliphatic heterocycles. The molecule has 0 aromatic carbocycles. The lowest BCUT2D eigenvalue weighted by Crippen LogP contribution is -2.10. The molecule has 0 aromatic rings. The summed E-state index contributed by atoms with van der Waals surface area (Å²) < 4.78 is 0. The summed E-state index contributed by atoms with van der Waals surface area (Å²) in [6, 6.07) is 0. The van der Waals surface area contributed by atoms with Crippen molar-refractivity contribution in [3.8, 4) is 0 Å². The molecule has 0 fully saturated rings. The Morgan fingerprint density at radius 3 is 2.27 bits per heavy atom. The van der Waals surface area contributed by atoms with E-state index in [2.05, 4.69) is 24.0 Å². The second kappa shape index (κ2) is 9.75. The van der Waals surface area contributed by atoms with Crippen LogP contribution in [0, 0.1) is 0 Å². The van der Waals surface area contributed by atoms with Crippen molar-refractivity contribution in [2.45, 2.75) is 59.3 Å². The second-order valence-corrected chi connectivity index (χ2v) is 4.15. The van der Waals surface area contributed by atoms with Gasteiger partial charge in [0.2, 0.25) is 0 Å². The summed E-state index contributed by atoms with van der Waals surface area (Å²) in [5.74, 6) is 0. The average molecular weight is 210 g/mol. The van der Waals surface area contributed by atoms with Crippen LogP contribution in [0.4, 0.5) is 0 Å². The van der Waals surface area contributed by atoms with E-state index in [9.17, 15) is 0 Å². The van der Waals surface area contributed by atoms with Gasteiger partial charge in [-0.15, -0.1) is 0 Å². The smallest absolute Gasteiger partial charge is 0.0595 e. The fraction of sp³-hybridized carbons (Fsp3) is 0.769. The number of hydrogen-bond donors (Lipinski definition) is 1. The van der Waals surface area contributed by atoms with Gasteiger partial charge in [0.1, 0.15) is 0 Å². The zero-order chi connectivity index (χ0) is 11.5. The lowest BCUT2D eigenvalue weighted by Gasteiger charge is -2.03. The van der Waals surface area contributed by atoms with Crippen molar-refractivity contribution >= 4 is 5.71 Å². The molecule has 0 rings (SSSR count). The monoisotopic (exact) mass is 210 g/mol. The van der Waals surface area contributed by atoms with Gasteiger partial charge in [-0.05, 0) is 25.8 Å². The first-order valence-electron chi connectivity index (χ1n) is 6.11. The highest BCUT2D eigenvalue weighted by Crippen LogP contribution is 2.04. The van der Waals surface area contributed by atoms with Crippen molar-refractivity contribution in [1.82, 2.24) is 5.43 Å². The molecular formula is C13H26N2. The first-order valence-corrected chi connectivity index (χ1v) is 6.11. The number of nitrogens with zero attached hydrogens (tertiary/aromatic N) is 1. The van der Waals surface area contributed by atoms with Crippen LogP contribution in [-0.2, 0) is 0 Å². The fourth-order valence-electron chi connectivity index (χ4n) is 1.25. The summed E-state index contributed by atoms with van der Waals surface area (Å²) >= 11 is 0. The van der Waals surface area contributed by atoms with Gasteiger partial charge in [-0.3, -0.25) is 0 Å². The van der Waals surface area contributed by atoms with E-state index >= 15 is 0 Å². The molecule has 1 N–H and O–H groups in total. The normalized spacial score (nSPS) is 11.5. The Labute approximate surface area is 94.8 Å². The van der Waals surface area contributed by atoms with Gasteiger partial charge in [-0.25, -0.2) is 0 Å². The third-order valence-electron chi connectivity index (χ3n) is 2.51. The van der Waals surface area contributed by atoms with Crippen molar-refractivity contribution in [3.63, 3.8) is 0 Å². The van der Waals surface area contributed by atoms with Gasteiger partial charge >= 0.3 is 0 Å². The highest BCUT2D eigenvalue weighted by Gasteiger charge is 1.91. The van der Waals surface area contributed by atoms with Gasteiger partial charge < -0.3 is 5.43 Å². The minimum absolute atomic E-state index is 0.983. The maximum atomic E-state index is 4.22. The lowest BCUT2D eigenvalue weighted by molar-refractivity contribution is 0.582. The topological polar surface area (TPSA) is 24.4 Å². The molecule has 0 aliphatic rings. The van der Waals surface area contributed by atoms with Crippen molar-refractivity contribution in [2.24, 2.45) is 5.10 Å². The maximum Gasteiger partial charge on any atom is 0.0595 e. The zero-order valence-corrected chi connectivity index (χ0v) is 10.6. The maximum absolute atomic E-state index is 4.22. The van der Waals surface area contributed by atoms with E-state index in [0.29, 0.717) is 0 Å². The van der Waals surface area contributed by atoms with Crippen LogP contribution in [0.3, 0.4) is 0 Å². The molecule has 0 heterocycles. The van der Waals surface area contributed by atoms with Gasteiger partial charge in [-0.1, -0.05) is 45.6 Å². The molecule has 0 bridgehead atoms. The van der Waals surface area contributed by atoms with Crippen LogP contribution in [0.2, 0.25) is 0 Å². The van der Waals surface area contributed by atoms with Crippen LogP contribution in [0.1, 0.15) is 59.3 Å². The third-order valence-corrected chi connectivity index (χ3v) is 2.51. The molecule has 15 heavy (non-hydrogen) atoms. The van der Waals surface area contributed by atoms with Crippen LogP contribution >= 0.6 is 0 Å². The van der Waals surface area contributed by atoms with Crippen molar-refractivity contribution in [2.75, 3.05) is 6.54 Å². The Morgan fingerprint density at radius 2 is 1.67 bits per heavy atom. The highest BCUT2D eigenvalue weighted by molar-refractivity contribution is 5.96. The fourth-order valence-corrected chi connectivity index (χ4v) is 1.25. The first kappa shape index (κ1) is 14.2. The van der Waals surface area contributed by atoms with E-state index in [1.165, 1.54) is 38.5 Å². The van der Waals surface area contributed by atoms with E-state index < -0.39 is 0 Å². The number of rotatable bonds is 9. The standard InChI is InChI=1S/C13H26N2/c1-5-6-7-8-9-10-11-14-15-13(4)12(2)3/h14H,2,5-11H2,1,3-4H3. The van der Waals surface area contributed by atoms with Gasteiger partial charge in [0.05, 0.1) is 5.71 Å². The summed E-state index contributed by atoms with van der Waals surface area (Å²) in [7, 11) is 0. The largest absolute Gasteiger partial charge is 0.310 e. The number of nitrogens with one attached hydrogen (secondary N) is 1. The molecule has 0 saturated heterocycles. The van der Waals surface area contributed by atoms with Crippen LogP contribution in [-0.4, -0.2) is 12.3 Å². The van der Waals surface area contributed by atoms with E-state index in [0.717, 1.165) is 17.8 Å². The quantitative estimate of drug-likeness (QED) is 0.348. The predicted octanol–water partition coefficient (Wildman–Crippen LogP) is 3.89. The molecular weight excluding hydrogens is 184 g/mol. The summed E-state index contributed by atoms with van der Waals surface area (Å²) in [6.07, 6.45) is 7.97. The minimum atomic E-state index is 0.983. The molecule has 0 spiro atoms. The Balaban J connectivity index is 3.25. The SMILES string of the molecule is C=C(C)C(C)=NNCCCCCCCC. The Hall–Kier alpha value is -0.790. The molecule has 0 aromatic heterocycles. The summed E-state index contributed by atoms with van der Waals surface area (Å²) in [4.78, 5) is 0. The molecule has 0 aliphatic carbocycles. The summed E-state index contributed by atoms with van der Waals surface area (Å²) in [5.41, 5.74) is 5.12.